The Morgan fingerprint density at radius 2 is 1.84 bits per heavy atom. The lowest BCUT2D eigenvalue weighted by Gasteiger charge is -2.52. The van der Waals surface area contributed by atoms with Crippen LogP contribution in [0.25, 0.3) is 0 Å². The van der Waals surface area contributed by atoms with Gasteiger partial charge in [-0.3, -0.25) is 23.8 Å². The summed E-state index contributed by atoms with van der Waals surface area (Å²) in [4.78, 5) is 28.5. The summed E-state index contributed by atoms with van der Waals surface area (Å²) >= 11 is 3.37. The SMILES string of the molecule is CCOP(=O)(CCCN1n2cc(Br)c(=O)c(OCc3ccccc3)c2C(=O)N(C)C12CCOC2)OCC. The topological polar surface area (TPSA) is 99.5 Å². The number of ether oxygens (including phenoxy) is 2. The molecule has 1 spiro atoms. The number of benzene rings is 1. The van der Waals surface area contributed by atoms with Crippen LogP contribution < -0.4 is 15.2 Å². The molecule has 1 aromatic carbocycles. The van der Waals surface area contributed by atoms with Gasteiger partial charge < -0.3 is 23.4 Å². The number of aromatic nitrogens is 1. The number of pyridine rings is 1. The van der Waals surface area contributed by atoms with Gasteiger partial charge in [-0.25, -0.2) is 0 Å². The minimum atomic E-state index is -3.25. The first-order valence-corrected chi connectivity index (χ1v) is 14.9. The van der Waals surface area contributed by atoms with E-state index in [1.807, 2.05) is 35.3 Å². The number of carbonyl (C=O) groups is 1. The van der Waals surface area contributed by atoms with E-state index in [0.29, 0.717) is 32.6 Å². The Kier molecular flexibility index (Phi) is 8.81. The van der Waals surface area contributed by atoms with Crippen molar-refractivity contribution in [1.29, 1.82) is 0 Å². The molecule has 3 heterocycles. The summed E-state index contributed by atoms with van der Waals surface area (Å²) in [6, 6.07) is 9.45. The van der Waals surface area contributed by atoms with Gasteiger partial charge in [-0.15, -0.1) is 0 Å². The fourth-order valence-corrected chi connectivity index (χ4v) is 6.84. The van der Waals surface area contributed by atoms with Crippen LogP contribution in [0.5, 0.6) is 5.75 Å². The van der Waals surface area contributed by atoms with E-state index in [-0.39, 0.29) is 47.8 Å². The summed E-state index contributed by atoms with van der Waals surface area (Å²) in [6.07, 6.45) is 2.86. The largest absolute Gasteiger partial charge is 0.482 e. The lowest BCUT2D eigenvalue weighted by Crippen LogP contribution is -2.70. The van der Waals surface area contributed by atoms with Gasteiger partial charge in [0.1, 0.15) is 6.61 Å². The van der Waals surface area contributed by atoms with E-state index in [1.165, 1.54) is 0 Å². The zero-order valence-corrected chi connectivity index (χ0v) is 23.8. The Labute approximate surface area is 225 Å². The highest BCUT2D eigenvalue weighted by Crippen LogP contribution is 2.48. The molecule has 2 aromatic rings. The second-order valence-corrected chi connectivity index (χ2v) is 11.9. The van der Waals surface area contributed by atoms with E-state index in [4.69, 9.17) is 18.5 Å². The Balaban J connectivity index is 1.72. The molecule has 12 heteroatoms. The maximum Gasteiger partial charge on any atom is 0.330 e. The first-order chi connectivity index (χ1) is 17.8. The lowest BCUT2D eigenvalue weighted by molar-refractivity contribution is 0.0298. The predicted octanol–water partition coefficient (Wildman–Crippen LogP) is 3.99. The smallest absolute Gasteiger partial charge is 0.330 e. The van der Waals surface area contributed by atoms with Crippen molar-refractivity contribution >= 4 is 29.4 Å². The van der Waals surface area contributed by atoms with Gasteiger partial charge in [-0.2, -0.15) is 0 Å². The molecule has 0 saturated carbocycles. The number of carbonyl (C=O) groups excluding carboxylic acids is 1. The van der Waals surface area contributed by atoms with Gasteiger partial charge >= 0.3 is 7.60 Å². The number of likely N-dealkylation sites (N-methyl/N-ethyl adjacent to an activating group) is 1. The first-order valence-electron chi connectivity index (χ1n) is 12.4. The third-order valence-electron chi connectivity index (χ3n) is 6.63. The van der Waals surface area contributed by atoms with Gasteiger partial charge in [0, 0.05) is 26.2 Å². The summed E-state index contributed by atoms with van der Waals surface area (Å²) in [5.74, 6) is -0.355. The van der Waals surface area contributed by atoms with Crippen molar-refractivity contribution < 1.29 is 27.9 Å². The van der Waals surface area contributed by atoms with Crippen molar-refractivity contribution in [1.82, 2.24) is 9.58 Å². The third kappa shape index (κ3) is 5.52. The Bertz CT molecular complexity index is 1210. The molecule has 0 bridgehead atoms. The highest BCUT2D eigenvalue weighted by atomic mass is 79.9. The maximum atomic E-state index is 13.7. The van der Waals surface area contributed by atoms with Gasteiger partial charge in [0.2, 0.25) is 5.43 Å². The average molecular weight is 598 g/mol. The molecule has 1 saturated heterocycles. The van der Waals surface area contributed by atoms with E-state index < -0.39 is 18.7 Å². The van der Waals surface area contributed by atoms with Crippen molar-refractivity contribution in [3.63, 3.8) is 0 Å². The number of nitrogens with zero attached hydrogens (tertiary/aromatic N) is 3. The molecular formula is C25H33BrN3O7P. The molecule has 10 nitrogen and oxygen atoms in total. The highest BCUT2D eigenvalue weighted by molar-refractivity contribution is 9.10. The summed E-state index contributed by atoms with van der Waals surface area (Å²) in [5.41, 5.74) is -0.157. The molecule has 1 aromatic heterocycles. The van der Waals surface area contributed by atoms with Crippen molar-refractivity contribution in [2.75, 3.05) is 51.2 Å². The van der Waals surface area contributed by atoms with Crippen LogP contribution in [0.1, 0.15) is 42.7 Å². The van der Waals surface area contributed by atoms with Gasteiger partial charge in [0.15, 0.2) is 17.1 Å². The fourth-order valence-electron chi connectivity index (χ4n) is 4.82. The molecule has 0 radical (unpaired) electrons. The number of rotatable bonds is 11. The molecule has 37 heavy (non-hydrogen) atoms. The maximum absolute atomic E-state index is 13.7. The number of hydrogen-bond donors (Lipinski definition) is 0. The standard InChI is InChI=1S/C25H33BrN3O7P/c1-4-35-37(32,36-5-2)15-9-13-29-25(12-14-33-18-25)27(3)24(31)21-23(22(30)20(26)16-28(21)29)34-17-19-10-7-6-8-11-19/h6-8,10-11,16H,4-5,9,12-15,17-18H2,1-3H3. The number of halogens is 1. The third-order valence-corrected chi connectivity index (χ3v) is 9.37. The Hall–Kier alpha value is -2.17. The lowest BCUT2D eigenvalue weighted by atomic mass is 10.0. The van der Waals surface area contributed by atoms with E-state index in [0.717, 1.165) is 5.56 Å². The van der Waals surface area contributed by atoms with Crippen LogP contribution >= 0.6 is 23.5 Å². The van der Waals surface area contributed by atoms with Crippen molar-refractivity contribution in [2.24, 2.45) is 0 Å². The van der Waals surface area contributed by atoms with Crippen LogP contribution in [0.4, 0.5) is 0 Å². The Morgan fingerprint density at radius 3 is 2.46 bits per heavy atom. The Morgan fingerprint density at radius 1 is 1.14 bits per heavy atom. The van der Waals surface area contributed by atoms with Crippen molar-refractivity contribution in [3.05, 3.63) is 62.5 Å². The molecule has 202 valence electrons. The molecule has 1 amide bonds. The van der Waals surface area contributed by atoms with Crippen molar-refractivity contribution in [3.8, 4) is 5.75 Å². The summed E-state index contributed by atoms with van der Waals surface area (Å²) in [6.45, 7) is 5.46. The quantitative estimate of drug-likeness (QED) is 0.359. The minimum absolute atomic E-state index is 0.0249. The monoisotopic (exact) mass is 597 g/mol. The summed E-state index contributed by atoms with van der Waals surface area (Å²) in [7, 11) is -1.53. The van der Waals surface area contributed by atoms with Crippen LogP contribution in [0.15, 0.2) is 45.8 Å². The van der Waals surface area contributed by atoms with Gasteiger partial charge in [0.25, 0.3) is 5.91 Å². The average Bonchev–Trinajstić information content (AvgIpc) is 3.37. The van der Waals surface area contributed by atoms with Crippen LogP contribution in [0, 0.1) is 0 Å². The van der Waals surface area contributed by atoms with E-state index >= 15 is 0 Å². The van der Waals surface area contributed by atoms with Crippen LogP contribution in [-0.4, -0.2) is 67.3 Å². The van der Waals surface area contributed by atoms with Crippen LogP contribution in [0.2, 0.25) is 0 Å². The van der Waals surface area contributed by atoms with Gasteiger partial charge in [-0.05, 0) is 41.8 Å². The molecule has 2 aliphatic rings. The summed E-state index contributed by atoms with van der Waals surface area (Å²) in [5, 5.41) is 2.00. The number of fused-ring (bicyclic) bond motifs is 1. The van der Waals surface area contributed by atoms with Crippen molar-refractivity contribution in [2.45, 2.75) is 39.0 Å². The molecule has 4 rings (SSSR count). The fraction of sp³-hybridized carbons (Fsp3) is 0.520. The van der Waals surface area contributed by atoms with Gasteiger partial charge in [-0.1, -0.05) is 30.3 Å². The minimum Gasteiger partial charge on any atom is -0.482 e. The van der Waals surface area contributed by atoms with E-state index in [1.54, 1.807) is 36.7 Å². The molecule has 0 N–H and O–H groups in total. The first kappa shape index (κ1) is 27.9. The zero-order chi connectivity index (χ0) is 26.6. The molecular weight excluding hydrogens is 565 g/mol. The molecule has 1 unspecified atom stereocenters. The van der Waals surface area contributed by atoms with E-state index in [9.17, 15) is 14.2 Å². The second kappa shape index (κ2) is 11.7. The number of amides is 1. The predicted molar refractivity (Wildman–Crippen MR) is 143 cm³/mol. The molecule has 1 fully saturated rings. The van der Waals surface area contributed by atoms with E-state index in [2.05, 4.69) is 15.9 Å². The van der Waals surface area contributed by atoms with Gasteiger partial charge in [0.05, 0.1) is 37.1 Å². The highest BCUT2D eigenvalue weighted by Gasteiger charge is 2.52. The summed E-state index contributed by atoms with van der Waals surface area (Å²) < 4.78 is 37.7. The van der Waals surface area contributed by atoms with Crippen LogP contribution in [-0.2, 0) is 25.0 Å². The zero-order valence-electron chi connectivity index (χ0n) is 21.4. The number of hydrogen-bond acceptors (Lipinski definition) is 8. The molecule has 1 atom stereocenters. The molecule has 0 aliphatic carbocycles. The van der Waals surface area contributed by atoms with Crippen LogP contribution in [0.3, 0.4) is 0 Å². The molecule has 2 aliphatic heterocycles. The normalized spacial score (nSPS) is 19.5. The second-order valence-electron chi connectivity index (χ2n) is 8.90.